The van der Waals surface area contributed by atoms with Gasteiger partial charge < -0.3 is 5.11 Å². The van der Waals surface area contributed by atoms with Gasteiger partial charge in [0, 0.05) is 0 Å². The molecular formula is C12H13ClFNO. The van der Waals surface area contributed by atoms with Crippen molar-refractivity contribution in [2.75, 3.05) is 0 Å². The number of aliphatic hydroxyl groups excluding tert-OH is 1. The van der Waals surface area contributed by atoms with Gasteiger partial charge in [-0.1, -0.05) is 24.6 Å². The molecule has 0 aliphatic heterocycles. The molecule has 4 heteroatoms. The van der Waals surface area contributed by atoms with Crippen molar-refractivity contribution >= 4 is 11.6 Å². The summed E-state index contributed by atoms with van der Waals surface area (Å²) >= 11 is 5.55. The monoisotopic (exact) mass is 241 g/mol. The largest absolute Gasteiger partial charge is 0.387 e. The fraction of sp³-hybridized carbons (Fsp3) is 0.417. The minimum absolute atomic E-state index is 0.00566. The molecule has 2 atom stereocenters. The molecule has 0 saturated carbocycles. The first kappa shape index (κ1) is 13.0. The number of rotatable bonds is 3. The Balaban J connectivity index is 3.10. The van der Waals surface area contributed by atoms with Gasteiger partial charge in [-0.15, -0.1) is 0 Å². The molecule has 1 N–H and O–H groups in total. The molecule has 0 amide bonds. The molecule has 0 fully saturated rings. The van der Waals surface area contributed by atoms with Gasteiger partial charge in [-0.3, -0.25) is 0 Å². The maximum atomic E-state index is 13.2. The van der Waals surface area contributed by atoms with Gasteiger partial charge in [-0.05, 0) is 31.0 Å². The summed E-state index contributed by atoms with van der Waals surface area (Å²) in [4.78, 5) is 0. The lowest BCUT2D eigenvalue weighted by Gasteiger charge is -2.26. The molecule has 2 nitrogen and oxygen atoms in total. The van der Waals surface area contributed by atoms with Crippen LogP contribution < -0.4 is 0 Å². The number of benzene rings is 1. The third kappa shape index (κ3) is 2.34. The van der Waals surface area contributed by atoms with Crippen molar-refractivity contribution < 1.29 is 9.50 Å². The number of nitriles is 1. The summed E-state index contributed by atoms with van der Waals surface area (Å²) in [7, 11) is 0. The first-order valence-electron chi connectivity index (χ1n) is 4.99. The number of hydrogen-bond donors (Lipinski definition) is 1. The van der Waals surface area contributed by atoms with E-state index in [4.69, 9.17) is 16.9 Å². The normalized spacial score (nSPS) is 16.2. The van der Waals surface area contributed by atoms with Crippen LogP contribution in [0.25, 0.3) is 0 Å². The van der Waals surface area contributed by atoms with Crippen molar-refractivity contribution in [1.29, 1.82) is 5.26 Å². The van der Waals surface area contributed by atoms with E-state index < -0.39 is 17.3 Å². The molecule has 0 radical (unpaired) electrons. The average molecular weight is 242 g/mol. The van der Waals surface area contributed by atoms with E-state index >= 15 is 0 Å². The van der Waals surface area contributed by atoms with Gasteiger partial charge in [0.1, 0.15) is 5.82 Å². The highest BCUT2D eigenvalue weighted by Gasteiger charge is 2.32. The van der Waals surface area contributed by atoms with Crippen LogP contribution in [0.5, 0.6) is 0 Å². The summed E-state index contributed by atoms with van der Waals surface area (Å²) in [6.45, 7) is 3.45. The van der Waals surface area contributed by atoms with Crippen molar-refractivity contribution in [2.45, 2.75) is 26.4 Å². The Labute approximate surface area is 99.3 Å². The van der Waals surface area contributed by atoms with E-state index in [0.29, 0.717) is 12.0 Å². The fourth-order valence-corrected chi connectivity index (χ4v) is 1.50. The third-order valence-corrected chi connectivity index (χ3v) is 3.16. The van der Waals surface area contributed by atoms with E-state index in [1.54, 1.807) is 13.8 Å². The second-order valence-corrected chi connectivity index (χ2v) is 4.37. The van der Waals surface area contributed by atoms with E-state index in [-0.39, 0.29) is 5.02 Å². The van der Waals surface area contributed by atoms with Gasteiger partial charge in [0.15, 0.2) is 0 Å². The number of halogens is 2. The van der Waals surface area contributed by atoms with Gasteiger partial charge in [-0.2, -0.15) is 5.26 Å². The third-order valence-electron chi connectivity index (χ3n) is 2.85. The van der Waals surface area contributed by atoms with Crippen molar-refractivity contribution in [2.24, 2.45) is 5.41 Å². The molecular weight excluding hydrogens is 229 g/mol. The molecule has 0 aromatic heterocycles. The van der Waals surface area contributed by atoms with E-state index in [1.165, 1.54) is 12.1 Å². The van der Waals surface area contributed by atoms with Crippen molar-refractivity contribution in [3.05, 3.63) is 34.6 Å². The van der Waals surface area contributed by atoms with Crippen LogP contribution in [-0.4, -0.2) is 5.11 Å². The summed E-state index contributed by atoms with van der Waals surface area (Å²) < 4.78 is 13.2. The highest BCUT2D eigenvalue weighted by molar-refractivity contribution is 6.30. The topological polar surface area (TPSA) is 44.0 Å². The lowest BCUT2D eigenvalue weighted by Crippen LogP contribution is -2.23. The van der Waals surface area contributed by atoms with Crippen LogP contribution in [0.2, 0.25) is 5.02 Å². The second kappa shape index (κ2) is 4.82. The molecule has 86 valence electrons. The molecule has 0 bridgehead atoms. The maximum absolute atomic E-state index is 13.2. The van der Waals surface area contributed by atoms with Crippen LogP contribution in [0.15, 0.2) is 18.2 Å². The number of nitrogens with zero attached hydrogens (tertiary/aromatic N) is 1. The van der Waals surface area contributed by atoms with Gasteiger partial charge in [0.2, 0.25) is 0 Å². The smallest absolute Gasteiger partial charge is 0.142 e. The zero-order valence-corrected chi connectivity index (χ0v) is 9.92. The summed E-state index contributed by atoms with van der Waals surface area (Å²) in [6.07, 6.45) is -0.538. The zero-order chi connectivity index (χ0) is 12.3. The Hall–Kier alpha value is -1.11. The summed E-state index contributed by atoms with van der Waals surface area (Å²) in [5.41, 5.74) is -0.548. The lowest BCUT2D eigenvalue weighted by atomic mass is 9.80. The van der Waals surface area contributed by atoms with Gasteiger partial charge in [0.25, 0.3) is 0 Å². The Kier molecular flexibility index (Phi) is 3.90. The van der Waals surface area contributed by atoms with Crippen LogP contribution in [0, 0.1) is 22.6 Å². The van der Waals surface area contributed by atoms with Gasteiger partial charge in [0.05, 0.1) is 22.6 Å². The quantitative estimate of drug-likeness (QED) is 0.881. The van der Waals surface area contributed by atoms with E-state index in [9.17, 15) is 9.50 Å². The molecule has 1 rings (SSSR count). The van der Waals surface area contributed by atoms with Crippen LogP contribution in [0.1, 0.15) is 31.9 Å². The van der Waals surface area contributed by atoms with Crippen molar-refractivity contribution in [3.63, 3.8) is 0 Å². The average Bonchev–Trinajstić information content (AvgIpc) is 2.30. The number of hydrogen-bond acceptors (Lipinski definition) is 2. The van der Waals surface area contributed by atoms with Crippen LogP contribution in [0.3, 0.4) is 0 Å². The SMILES string of the molecule is CCC(C)(C#N)C(O)c1ccc(Cl)c(F)c1. The highest BCUT2D eigenvalue weighted by atomic mass is 35.5. The highest BCUT2D eigenvalue weighted by Crippen LogP contribution is 2.36. The van der Waals surface area contributed by atoms with Crippen molar-refractivity contribution in [3.8, 4) is 6.07 Å². The Morgan fingerprint density at radius 3 is 2.69 bits per heavy atom. The molecule has 0 heterocycles. The number of aliphatic hydroxyl groups is 1. The first-order valence-corrected chi connectivity index (χ1v) is 5.36. The molecule has 0 aliphatic carbocycles. The maximum Gasteiger partial charge on any atom is 0.142 e. The first-order chi connectivity index (χ1) is 7.44. The standard InChI is InChI=1S/C12H13ClFNO/c1-3-12(2,7-15)11(16)8-4-5-9(13)10(14)6-8/h4-6,11,16H,3H2,1-2H3. The molecule has 1 aromatic carbocycles. The molecule has 0 spiro atoms. The minimum Gasteiger partial charge on any atom is -0.387 e. The predicted molar refractivity (Wildman–Crippen MR) is 60.4 cm³/mol. The van der Waals surface area contributed by atoms with Crippen LogP contribution in [0.4, 0.5) is 4.39 Å². The van der Waals surface area contributed by atoms with Crippen LogP contribution in [-0.2, 0) is 0 Å². The van der Waals surface area contributed by atoms with Gasteiger partial charge >= 0.3 is 0 Å². The lowest BCUT2D eigenvalue weighted by molar-refractivity contribution is 0.0719. The van der Waals surface area contributed by atoms with E-state index in [0.717, 1.165) is 6.07 Å². The Morgan fingerprint density at radius 1 is 1.62 bits per heavy atom. The molecule has 0 saturated heterocycles. The summed E-state index contributed by atoms with van der Waals surface area (Å²) in [6, 6.07) is 6.13. The Morgan fingerprint density at radius 2 is 2.25 bits per heavy atom. The Bertz CT molecular complexity index is 430. The summed E-state index contributed by atoms with van der Waals surface area (Å²) in [5, 5.41) is 19.0. The second-order valence-electron chi connectivity index (χ2n) is 3.96. The van der Waals surface area contributed by atoms with Gasteiger partial charge in [-0.25, -0.2) is 4.39 Å². The van der Waals surface area contributed by atoms with E-state index in [1.807, 2.05) is 0 Å². The molecule has 1 aromatic rings. The molecule has 2 unspecified atom stereocenters. The molecule has 0 aliphatic rings. The predicted octanol–water partition coefficient (Wildman–Crippen LogP) is 3.45. The van der Waals surface area contributed by atoms with Crippen molar-refractivity contribution in [1.82, 2.24) is 0 Å². The summed E-state index contributed by atoms with van der Waals surface area (Å²) in [5.74, 6) is -0.588. The molecule has 16 heavy (non-hydrogen) atoms. The van der Waals surface area contributed by atoms with Crippen LogP contribution >= 0.6 is 11.6 Å². The zero-order valence-electron chi connectivity index (χ0n) is 9.17. The fourth-order valence-electron chi connectivity index (χ4n) is 1.38. The minimum atomic E-state index is -1.02. The van der Waals surface area contributed by atoms with E-state index in [2.05, 4.69) is 6.07 Å².